The van der Waals surface area contributed by atoms with Crippen LogP contribution in [0.5, 0.6) is 0 Å². The second kappa shape index (κ2) is 6.47. The van der Waals surface area contributed by atoms with Crippen LogP contribution in [0.3, 0.4) is 0 Å². The molecule has 0 atom stereocenters. The van der Waals surface area contributed by atoms with Crippen LogP contribution in [0, 0.1) is 0 Å². The highest BCUT2D eigenvalue weighted by molar-refractivity contribution is 6.06. The molecule has 114 valence electrons. The van der Waals surface area contributed by atoms with E-state index in [2.05, 4.69) is 5.32 Å². The van der Waals surface area contributed by atoms with E-state index < -0.39 is 17.6 Å². The molecule has 0 aliphatic rings. The maximum Gasteiger partial charge on any atom is 0.418 e. The van der Waals surface area contributed by atoms with Crippen LogP contribution in [0.25, 0.3) is 6.08 Å². The van der Waals surface area contributed by atoms with Gasteiger partial charge in [0.25, 0.3) is 5.91 Å². The predicted octanol–water partition coefficient (Wildman–Crippen LogP) is 4.75. The number of amides is 1. The Morgan fingerprint density at radius 2 is 1.59 bits per heavy atom. The van der Waals surface area contributed by atoms with Gasteiger partial charge in [-0.15, -0.1) is 0 Å². The molecule has 0 fully saturated rings. The summed E-state index contributed by atoms with van der Waals surface area (Å²) < 4.78 is 38.6. The molecule has 0 unspecified atom stereocenters. The molecule has 0 aliphatic carbocycles. The van der Waals surface area contributed by atoms with Crippen molar-refractivity contribution in [1.82, 2.24) is 0 Å². The molecule has 1 amide bonds. The summed E-state index contributed by atoms with van der Waals surface area (Å²) in [7, 11) is 0. The normalized spacial score (nSPS) is 12.1. The number of rotatable bonds is 3. The van der Waals surface area contributed by atoms with Crippen LogP contribution < -0.4 is 5.32 Å². The van der Waals surface area contributed by atoms with E-state index in [9.17, 15) is 18.0 Å². The van der Waals surface area contributed by atoms with Gasteiger partial charge in [-0.05, 0) is 30.7 Å². The third kappa shape index (κ3) is 3.97. The van der Waals surface area contributed by atoms with Crippen LogP contribution in [-0.4, -0.2) is 5.91 Å². The molecule has 5 heteroatoms. The number of alkyl halides is 3. The quantitative estimate of drug-likeness (QED) is 0.815. The molecule has 0 saturated heterocycles. The van der Waals surface area contributed by atoms with Crippen LogP contribution in [0.4, 0.5) is 18.9 Å². The van der Waals surface area contributed by atoms with E-state index in [1.54, 1.807) is 25.1 Å². The fourth-order valence-electron chi connectivity index (χ4n) is 1.93. The van der Waals surface area contributed by atoms with E-state index in [0.29, 0.717) is 5.57 Å². The monoisotopic (exact) mass is 305 g/mol. The van der Waals surface area contributed by atoms with Crippen LogP contribution in [0.1, 0.15) is 18.1 Å². The number of hydrogen-bond donors (Lipinski definition) is 1. The van der Waals surface area contributed by atoms with E-state index in [4.69, 9.17) is 0 Å². The summed E-state index contributed by atoms with van der Waals surface area (Å²) in [5.74, 6) is -0.569. The number of halogens is 3. The van der Waals surface area contributed by atoms with Crippen molar-refractivity contribution in [3.8, 4) is 0 Å². The van der Waals surface area contributed by atoms with Gasteiger partial charge >= 0.3 is 6.18 Å². The lowest BCUT2D eigenvalue weighted by molar-refractivity contribution is -0.137. The lowest BCUT2D eigenvalue weighted by atomic mass is 10.1. The number of hydrogen-bond acceptors (Lipinski definition) is 1. The summed E-state index contributed by atoms with van der Waals surface area (Å²) in [5, 5.41) is 2.31. The zero-order valence-corrected chi connectivity index (χ0v) is 11.8. The Kier molecular flexibility index (Phi) is 4.65. The fraction of sp³-hybridized carbons (Fsp3) is 0.118. The van der Waals surface area contributed by atoms with Gasteiger partial charge in [0.2, 0.25) is 0 Å². The second-order valence-electron chi connectivity index (χ2n) is 4.74. The van der Waals surface area contributed by atoms with Gasteiger partial charge in [-0.25, -0.2) is 0 Å². The fourth-order valence-corrected chi connectivity index (χ4v) is 1.93. The van der Waals surface area contributed by atoms with Crippen LogP contribution in [-0.2, 0) is 11.0 Å². The van der Waals surface area contributed by atoms with Crippen molar-refractivity contribution in [3.63, 3.8) is 0 Å². The Labute approximate surface area is 126 Å². The molecule has 0 aliphatic heterocycles. The van der Waals surface area contributed by atoms with Crippen LogP contribution in [0.2, 0.25) is 0 Å². The molecule has 2 rings (SSSR count). The third-order valence-electron chi connectivity index (χ3n) is 3.02. The standard InChI is InChI=1S/C17H14F3NO/c1-12(11-13-7-3-2-4-8-13)16(22)21-15-10-6-5-9-14(15)17(18,19)20/h2-11H,1H3,(H,21,22). The second-order valence-corrected chi connectivity index (χ2v) is 4.74. The summed E-state index contributed by atoms with van der Waals surface area (Å²) in [4.78, 5) is 12.0. The Balaban J connectivity index is 2.21. The first-order chi connectivity index (χ1) is 10.4. The number of nitrogens with one attached hydrogen (secondary N) is 1. The van der Waals surface area contributed by atoms with E-state index in [-0.39, 0.29) is 5.69 Å². The van der Waals surface area contributed by atoms with Crippen molar-refractivity contribution in [1.29, 1.82) is 0 Å². The minimum atomic E-state index is -4.51. The largest absolute Gasteiger partial charge is 0.418 e. The van der Waals surface area contributed by atoms with Crippen molar-refractivity contribution in [3.05, 3.63) is 71.3 Å². The molecular weight excluding hydrogens is 291 g/mol. The number of carbonyl (C=O) groups excluding carboxylic acids is 1. The average Bonchev–Trinajstić information content (AvgIpc) is 2.47. The number of para-hydroxylation sites is 1. The molecule has 0 bridgehead atoms. The summed E-state index contributed by atoms with van der Waals surface area (Å²) in [6.07, 6.45) is -2.90. The SMILES string of the molecule is CC(=Cc1ccccc1)C(=O)Nc1ccccc1C(F)(F)F. The van der Waals surface area contributed by atoms with Crippen LogP contribution in [0.15, 0.2) is 60.2 Å². The summed E-state index contributed by atoms with van der Waals surface area (Å²) in [5.41, 5.74) is 0.0131. The van der Waals surface area contributed by atoms with Crippen molar-refractivity contribution in [2.24, 2.45) is 0 Å². The van der Waals surface area contributed by atoms with Gasteiger partial charge in [-0.1, -0.05) is 42.5 Å². The van der Waals surface area contributed by atoms with Gasteiger partial charge in [0.15, 0.2) is 0 Å². The lowest BCUT2D eigenvalue weighted by Crippen LogP contribution is -2.17. The summed E-state index contributed by atoms with van der Waals surface area (Å²) >= 11 is 0. The molecule has 0 spiro atoms. The number of benzene rings is 2. The summed E-state index contributed by atoms with van der Waals surface area (Å²) in [6, 6.07) is 14.0. The highest BCUT2D eigenvalue weighted by Crippen LogP contribution is 2.34. The minimum absolute atomic E-state index is 0.249. The van der Waals surface area contributed by atoms with E-state index in [1.165, 1.54) is 18.2 Å². The molecule has 0 saturated carbocycles. The maximum atomic E-state index is 12.9. The Morgan fingerprint density at radius 3 is 2.23 bits per heavy atom. The van der Waals surface area contributed by atoms with Crippen molar-refractivity contribution in [2.45, 2.75) is 13.1 Å². The van der Waals surface area contributed by atoms with E-state index in [0.717, 1.165) is 11.6 Å². The first-order valence-corrected chi connectivity index (χ1v) is 6.59. The van der Waals surface area contributed by atoms with Gasteiger partial charge in [0.1, 0.15) is 0 Å². The summed E-state index contributed by atoms with van der Waals surface area (Å²) in [6.45, 7) is 1.55. The molecular formula is C17H14F3NO. The zero-order chi connectivity index (χ0) is 16.2. The molecule has 2 nitrogen and oxygen atoms in total. The molecule has 0 heterocycles. The Bertz CT molecular complexity index is 691. The molecule has 2 aromatic rings. The van der Waals surface area contributed by atoms with Crippen molar-refractivity contribution in [2.75, 3.05) is 5.32 Å². The molecule has 0 radical (unpaired) electrons. The molecule has 0 aromatic heterocycles. The Morgan fingerprint density at radius 1 is 1.00 bits per heavy atom. The predicted molar refractivity (Wildman–Crippen MR) is 80.2 cm³/mol. The highest BCUT2D eigenvalue weighted by atomic mass is 19.4. The third-order valence-corrected chi connectivity index (χ3v) is 3.02. The first-order valence-electron chi connectivity index (χ1n) is 6.59. The van der Waals surface area contributed by atoms with Crippen molar-refractivity contribution >= 4 is 17.7 Å². The van der Waals surface area contributed by atoms with E-state index in [1.807, 2.05) is 18.2 Å². The zero-order valence-electron chi connectivity index (χ0n) is 11.8. The van der Waals surface area contributed by atoms with Gasteiger partial charge in [-0.3, -0.25) is 4.79 Å². The number of carbonyl (C=O) groups is 1. The number of anilines is 1. The average molecular weight is 305 g/mol. The lowest BCUT2D eigenvalue weighted by Gasteiger charge is -2.13. The van der Waals surface area contributed by atoms with Gasteiger partial charge in [0, 0.05) is 5.57 Å². The van der Waals surface area contributed by atoms with Crippen molar-refractivity contribution < 1.29 is 18.0 Å². The first kappa shape index (κ1) is 15.8. The molecule has 2 aromatic carbocycles. The highest BCUT2D eigenvalue weighted by Gasteiger charge is 2.33. The topological polar surface area (TPSA) is 29.1 Å². The van der Waals surface area contributed by atoms with Gasteiger partial charge in [0.05, 0.1) is 11.3 Å². The maximum absolute atomic E-state index is 12.9. The van der Waals surface area contributed by atoms with Crippen LogP contribution >= 0.6 is 0 Å². The molecule has 22 heavy (non-hydrogen) atoms. The minimum Gasteiger partial charge on any atom is -0.322 e. The smallest absolute Gasteiger partial charge is 0.322 e. The Hall–Kier alpha value is -2.56. The van der Waals surface area contributed by atoms with Gasteiger partial charge < -0.3 is 5.32 Å². The molecule has 1 N–H and O–H groups in total. The van der Waals surface area contributed by atoms with Gasteiger partial charge in [-0.2, -0.15) is 13.2 Å². The van der Waals surface area contributed by atoms with E-state index >= 15 is 0 Å².